The zero-order valence-corrected chi connectivity index (χ0v) is 11.2. The Hall–Kier alpha value is -1.55. The van der Waals surface area contributed by atoms with Gasteiger partial charge in [0.2, 0.25) is 5.91 Å². The molecule has 1 unspecified atom stereocenters. The maximum absolute atomic E-state index is 12.2. The van der Waals surface area contributed by atoms with Crippen LogP contribution in [0.25, 0.3) is 0 Å². The molecule has 2 N–H and O–H groups in total. The second-order valence-electron chi connectivity index (χ2n) is 5.47. The summed E-state index contributed by atoms with van der Waals surface area (Å²) in [5, 5.41) is 6.31. The fraction of sp³-hybridized carbons (Fsp3) is 0.533. The number of carbonyl (C=O) groups excluding carboxylic acids is 1. The summed E-state index contributed by atoms with van der Waals surface area (Å²) < 4.78 is 5.66. The average molecular weight is 260 g/mol. The van der Waals surface area contributed by atoms with Crippen molar-refractivity contribution in [1.29, 1.82) is 0 Å². The molecule has 4 nitrogen and oxygen atoms in total. The predicted molar refractivity (Wildman–Crippen MR) is 74.5 cm³/mol. The number of amides is 1. The van der Waals surface area contributed by atoms with Crippen molar-refractivity contribution < 1.29 is 9.53 Å². The molecule has 1 aromatic rings. The molecule has 0 radical (unpaired) electrons. The largest absolute Gasteiger partial charge is 0.490 e. The van der Waals surface area contributed by atoms with E-state index in [0.29, 0.717) is 0 Å². The summed E-state index contributed by atoms with van der Waals surface area (Å²) >= 11 is 0. The van der Waals surface area contributed by atoms with Gasteiger partial charge in [-0.05, 0) is 56.6 Å². The summed E-state index contributed by atoms with van der Waals surface area (Å²) in [6.07, 6.45) is 3.02. The molecule has 1 saturated heterocycles. The maximum atomic E-state index is 12.2. The number of benzene rings is 1. The Labute approximate surface area is 113 Å². The lowest BCUT2D eigenvalue weighted by Gasteiger charge is -2.21. The first-order chi connectivity index (χ1) is 9.22. The lowest BCUT2D eigenvalue weighted by molar-refractivity contribution is -0.120. The summed E-state index contributed by atoms with van der Waals surface area (Å²) in [5.74, 6) is 1.24. The van der Waals surface area contributed by atoms with E-state index in [9.17, 15) is 4.79 Å². The van der Waals surface area contributed by atoms with Gasteiger partial charge in [0.05, 0.1) is 0 Å². The summed E-state index contributed by atoms with van der Waals surface area (Å²) in [7, 11) is 0. The lowest BCUT2D eigenvalue weighted by Crippen LogP contribution is -2.34. The van der Waals surface area contributed by atoms with Crippen molar-refractivity contribution in [2.24, 2.45) is 5.92 Å². The summed E-state index contributed by atoms with van der Waals surface area (Å²) in [6.45, 7) is 3.94. The Morgan fingerprint density at radius 1 is 1.37 bits per heavy atom. The van der Waals surface area contributed by atoms with Crippen LogP contribution in [0.2, 0.25) is 0 Å². The molecule has 102 valence electrons. The number of anilines is 1. The van der Waals surface area contributed by atoms with Crippen LogP contribution in [0, 0.1) is 5.92 Å². The zero-order chi connectivity index (χ0) is 13.2. The quantitative estimate of drug-likeness (QED) is 0.854. The Kier molecular flexibility index (Phi) is 3.42. The van der Waals surface area contributed by atoms with Crippen LogP contribution in [-0.4, -0.2) is 25.1 Å². The molecule has 1 amide bonds. The number of rotatable bonds is 2. The van der Waals surface area contributed by atoms with Gasteiger partial charge < -0.3 is 15.4 Å². The van der Waals surface area contributed by atoms with E-state index in [-0.39, 0.29) is 17.9 Å². The monoisotopic (exact) mass is 260 g/mol. The zero-order valence-electron chi connectivity index (χ0n) is 11.2. The molecule has 0 spiro atoms. The summed E-state index contributed by atoms with van der Waals surface area (Å²) in [6, 6.07) is 5.92. The van der Waals surface area contributed by atoms with Gasteiger partial charge in [0.15, 0.2) is 0 Å². The first-order valence-electron chi connectivity index (χ1n) is 7.03. The van der Waals surface area contributed by atoms with E-state index < -0.39 is 0 Å². The highest BCUT2D eigenvalue weighted by molar-refractivity contribution is 5.92. The molecule has 2 aliphatic heterocycles. The molecule has 4 heteroatoms. The molecule has 1 fully saturated rings. The standard InChI is InChI=1S/C15H20N2O2/c1-10-8-12-9-13(2-3-14(12)19-10)17-15(18)11-4-6-16-7-5-11/h2-3,9-11,16H,4-8H2,1H3,(H,17,18). The molecule has 2 aliphatic rings. The Balaban J connectivity index is 1.67. The van der Waals surface area contributed by atoms with Crippen LogP contribution in [0.3, 0.4) is 0 Å². The minimum absolute atomic E-state index is 0.143. The van der Waals surface area contributed by atoms with Gasteiger partial charge in [0, 0.05) is 18.0 Å². The fourth-order valence-electron chi connectivity index (χ4n) is 2.83. The first kappa shape index (κ1) is 12.5. The van der Waals surface area contributed by atoms with Crippen molar-refractivity contribution in [2.45, 2.75) is 32.3 Å². The topological polar surface area (TPSA) is 50.4 Å². The van der Waals surface area contributed by atoms with Gasteiger partial charge >= 0.3 is 0 Å². The maximum Gasteiger partial charge on any atom is 0.227 e. The molecule has 19 heavy (non-hydrogen) atoms. The van der Waals surface area contributed by atoms with E-state index in [1.165, 1.54) is 5.56 Å². The highest BCUT2D eigenvalue weighted by atomic mass is 16.5. The lowest BCUT2D eigenvalue weighted by atomic mass is 9.97. The number of hydrogen-bond acceptors (Lipinski definition) is 3. The van der Waals surface area contributed by atoms with Crippen molar-refractivity contribution in [3.05, 3.63) is 23.8 Å². The molecule has 0 aromatic heterocycles. The fourth-order valence-corrected chi connectivity index (χ4v) is 2.83. The van der Waals surface area contributed by atoms with Crippen molar-refractivity contribution in [3.8, 4) is 5.75 Å². The summed E-state index contributed by atoms with van der Waals surface area (Å²) in [4.78, 5) is 12.2. The van der Waals surface area contributed by atoms with E-state index in [1.807, 2.05) is 18.2 Å². The molecule has 3 rings (SSSR count). The van der Waals surface area contributed by atoms with E-state index in [0.717, 1.165) is 43.8 Å². The van der Waals surface area contributed by atoms with Crippen LogP contribution in [0.15, 0.2) is 18.2 Å². The second-order valence-corrected chi connectivity index (χ2v) is 5.47. The van der Waals surface area contributed by atoms with Crippen LogP contribution in [0.1, 0.15) is 25.3 Å². The number of ether oxygens (including phenoxy) is 1. The van der Waals surface area contributed by atoms with Crippen molar-refractivity contribution in [3.63, 3.8) is 0 Å². The van der Waals surface area contributed by atoms with Crippen LogP contribution in [0.5, 0.6) is 5.75 Å². The van der Waals surface area contributed by atoms with E-state index in [4.69, 9.17) is 4.74 Å². The van der Waals surface area contributed by atoms with Gasteiger partial charge in [-0.3, -0.25) is 4.79 Å². The molecule has 1 atom stereocenters. The van der Waals surface area contributed by atoms with Gasteiger partial charge in [-0.15, -0.1) is 0 Å². The number of carbonyl (C=O) groups is 1. The van der Waals surface area contributed by atoms with Crippen LogP contribution in [0.4, 0.5) is 5.69 Å². The SMILES string of the molecule is CC1Cc2cc(NC(=O)C3CCNCC3)ccc2O1. The number of hydrogen-bond donors (Lipinski definition) is 2. The molecule has 0 bridgehead atoms. The Bertz CT molecular complexity index is 481. The third-order valence-electron chi connectivity index (χ3n) is 3.87. The summed E-state index contributed by atoms with van der Waals surface area (Å²) in [5.41, 5.74) is 2.08. The van der Waals surface area contributed by atoms with E-state index in [2.05, 4.69) is 17.6 Å². The molecular formula is C15H20N2O2. The van der Waals surface area contributed by atoms with Crippen molar-refractivity contribution in [1.82, 2.24) is 5.32 Å². The van der Waals surface area contributed by atoms with Gasteiger partial charge in [0.1, 0.15) is 11.9 Å². The Morgan fingerprint density at radius 2 is 2.16 bits per heavy atom. The third-order valence-corrected chi connectivity index (χ3v) is 3.87. The normalized spacial score (nSPS) is 22.7. The number of nitrogens with one attached hydrogen (secondary N) is 2. The van der Waals surface area contributed by atoms with E-state index >= 15 is 0 Å². The molecule has 0 aliphatic carbocycles. The molecule has 1 aromatic carbocycles. The minimum Gasteiger partial charge on any atom is -0.490 e. The van der Waals surface area contributed by atoms with Crippen molar-refractivity contribution in [2.75, 3.05) is 18.4 Å². The van der Waals surface area contributed by atoms with Crippen LogP contribution >= 0.6 is 0 Å². The predicted octanol–water partition coefficient (Wildman–Crippen LogP) is 1.95. The first-order valence-corrected chi connectivity index (χ1v) is 7.03. The average Bonchev–Trinajstić information content (AvgIpc) is 2.79. The van der Waals surface area contributed by atoms with Crippen LogP contribution in [-0.2, 0) is 11.2 Å². The van der Waals surface area contributed by atoms with Crippen molar-refractivity contribution >= 4 is 11.6 Å². The van der Waals surface area contributed by atoms with Gasteiger partial charge in [-0.1, -0.05) is 0 Å². The van der Waals surface area contributed by atoms with E-state index in [1.54, 1.807) is 0 Å². The van der Waals surface area contributed by atoms with Gasteiger partial charge in [0.25, 0.3) is 0 Å². The van der Waals surface area contributed by atoms with Gasteiger partial charge in [-0.25, -0.2) is 0 Å². The number of fused-ring (bicyclic) bond motifs is 1. The van der Waals surface area contributed by atoms with Gasteiger partial charge in [-0.2, -0.15) is 0 Å². The second kappa shape index (κ2) is 5.21. The smallest absolute Gasteiger partial charge is 0.227 e. The highest BCUT2D eigenvalue weighted by Gasteiger charge is 2.22. The number of piperidine rings is 1. The molecule has 0 saturated carbocycles. The molecular weight excluding hydrogens is 240 g/mol. The Morgan fingerprint density at radius 3 is 2.95 bits per heavy atom. The highest BCUT2D eigenvalue weighted by Crippen LogP contribution is 2.31. The minimum atomic E-state index is 0.143. The van der Waals surface area contributed by atoms with Crippen LogP contribution < -0.4 is 15.4 Å². The molecule has 2 heterocycles. The third kappa shape index (κ3) is 2.73.